The summed E-state index contributed by atoms with van der Waals surface area (Å²) < 4.78 is 5.43. The first-order valence-electron chi connectivity index (χ1n) is 8.71. The largest absolute Gasteiger partial charge is 0.338 e. The summed E-state index contributed by atoms with van der Waals surface area (Å²) in [5.74, 6) is 0.0326. The molecular formula is C21H20N2O2. The van der Waals surface area contributed by atoms with Crippen LogP contribution < -0.4 is 5.32 Å². The number of nitrogens with zero attached hydrogens (tertiary/aromatic N) is 1. The highest BCUT2D eigenvalue weighted by Gasteiger charge is 2.26. The van der Waals surface area contributed by atoms with Crippen LogP contribution in [-0.2, 0) is 17.6 Å². The Balaban J connectivity index is 1.66. The molecule has 4 heteroatoms. The van der Waals surface area contributed by atoms with Crippen LogP contribution in [0, 0.1) is 0 Å². The molecule has 1 amide bonds. The molecular weight excluding hydrogens is 312 g/mol. The fraction of sp³-hybridized carbons (Fsp3) is 0.238. The van der Waals surface area contributed by atoms with Crippen LogP contribution in [0.3, 0.4) is 0 Å². The van der Waals surface area contributed by atoms with Crippen LogP contribution in [0.1, 0.15) is 41.1 Å². The number of benzene rings is 2. The number of nitrogens with one attached hydrogen (secondary N) is 1. The van der Waals surface area contributed by atoms with Crippen molar-refractivity contribution in [2.24, 2.45) is 0 Å². The van der Waals surface area contributed by atoms with Gasteiger partial charge in [0, 0.05) is 5.56 Å². The third kappa shape index (κ3) is 3.20. The van der Waals surface area contributed by atoms with Crippen molar-refractivity contribution >= 4 is 11.8 Å². The highest BCUT2D eigenvalue weighted by molar-refractivity contribution is 5.97. The van der Waals surface area contributed by atoms with Crippen molar-refractivity contribution < 1.29 is 9.32 Å². The lowest BCUT2D eigenvalue weighted by Gasteiger charge is -2.17. The summed E-state index contributed by atoms with van der Waals surface area (Å²) in [4.78, 5) is 13.1. The first kappa shape index (κ1) is 15.6. The maximum Gasteiger partial charge on any atom is 0.238 e. The van der Waals surface area contributed by atoms with E-state index >= 15 is 0 Å². The molecule has 0 spiro atoms. The average Bonchev–Trinajstić information content (AvgIpc) is 3.07. The molecule has 1 aliphatic rings. The number of anilines is 1. The zero-order valence-corrected chi connectivity index (χ0v) is 13.9. The normalized spacial score (nSPS) is 13.5. The van der Waals surface area contributed by atoms with Crippen molar-refractivity contribution in [1.82, 2.24) is 5.16 Å². The molecule has 0 unspecified atom stereocenters. The third-order valence-corrected chi connectivity index (χ3v) is 4.72. The lowest BCUT2D eigenvalue weighted by molar-refractivity contribution is -0.116. The summed E-state index contributed by atoms with van der Waals surface area (Å²) in [6.07, 6.45) is 4.08. The van der Waals surface area contributed by atoms with Gasteiger partial charge in [-0.2, -0.15) is 0 Å². The van der Waals surface area contributed by atoms with Gasteiger partial charge in [0.1, 0.15) is 0 Å². The van der Waals surface area contributed by atoms with Gasteiger partial charge in [0.2, 0.25) is 11.8 Å². The van der Waals surface area contributed by atoms with E-state index in [2.05, 4.69) is 10.5 Å². The smallest absolute Gasteiger partial charge is 0.238 e. The Labute approximate surface area is 146 Å². The zero-order chi connectivity index (χ0) is 17.1. The van der Waals surface area contributed by atoms with Crippen LogP contribution in [0.5, 0.6) is 0 Å². The molecule has 0 bridgehead atoms. The van der Waals surface area contributed by atoms with Gasteiger partial charge in [-0.1, -0.05) is 65.8 Å². The number of carbonyl (C=O) groups is 1. The second-order valence-electron chi connectivity index (χ2n) is 6.39. The van der Waals surface area contributed by atoms with Gasteiger partial charge in [-0.05, 0) is 36.8 Å². The second-order valence-corrected chi connectivity index (χ2v) is 6.39. The van der Waals surface area contributed by atoms with E-state index in [-0.39, 0.29) is 11.8 Å². The number of hydrogen-bond acceptors (Lipinski definition) is 3. The fourth-order valence-electron chi connectivity index (χ4n) is 3.46. The molecule has 3 aromatic rings. The maximum atomic E-state index is 13.1. The van der Waals surface area contributed by atoms with E-state index in [0.717, 1.165) is 48.1 Å². The van der Waals surface area contributed by atoms with Gasteiger partial charge in [-0.25, -0.2) is 0 Å². The first-order valence-corrected chi connectivity index (χ1v) is 8.71. The molecule has 1 heterocycles. The Morgan fingerprint density at radius 2 is 1.52 bits per heavy atom. The fourth-order valence-corrected chi connectivity index (χ4v) is 3.46. The molecule has 25 heavy (non-hydrogen) atoms. The number of carbonyl (C=O) groups excluding carboxylic acids is 1. The maximum absolute atomic E-state index is 13.1. The number of rotatable bonds is 4. The van der Waals surface area contributed by atoms with Gasteiger partial charge in [-0.15, -0.1) is 0 Å². The lowest BCUT2D eigenvalue weighted by Crippen LogP contribution is -2.22. The van der Waals surface area contributed by atoms with Crippen molar-refractivity contribution in [2.75, 3.05) is 5.32 Å². The van der Waals surface area contributed by atoms with Crippen LogP contribution in [-0.4, -0.2) is 11.1 Å². The molecule has 2 aromatic carbocycles. The minimum Gasteiger partial charge on any atom is -0.338 e. The monoisotopic (exact) mass is 332 g/mol. The molecule has 1 aromatic heterocycles. The number of aromatic nitrogens is 1. The van der Waals surface area contributed by atoms with E-state index in [0.29, 0.717) is 5.88 Å². The molecule has 1 N–H and O–H groups in total. The van der Waals surface area contributed by atoms with Crippen LogP contribution in [0.2, 0.25) is 0 Å². The zero-order valence-electron chi connectivity index (χ0n) is 13.9. The molecule has 0 radical (unpaired) electrons. The minimum atomic E-state index is -0.383. The molecule has 0 aliphatic heterocycles. The van der Waals surface area contributed by atoms with E-state index in [1.54, 1.807) is 0 Å². The van der Waals surface area contributed by atoms with Gasteiger partial charge < -0.3 is 4.52 Å². The number of aryl methyl sites for hydroxylation is 1. The number of amides is 1. The van der Waals surface area contributed by atoms with E-state index in [1.165, 1.54) is 0 Å². The molecule has 0 saturated heterocycles. The number of hydrogen-bond donors (Lipinski definition) is 1. The quantitative estimate of drug-likeness (QED) is 0.774. The van der Waals surface area contributed by atoms with Crippen molar-refractivity contribution in [3.63, 3.8) is 0 Å². The molecule has 0 saturated carbocycles. The van der Waals surface area contributed by atoms with Crippen LogP contribution in [0.4, 0.5) is 5.88 Å². The van der Waals surface area contributed by atoms with Gasteiger partial charge in [0.25, 0.3) is 0 Å². The highest BCUT2D eigenvalue weighted by Crippen LogP contribution is 2.30. The second kappa shape index (κ2) is 6.93. The van der Waals surface area contributed by atoms with Gasteiger partial charge in [0.05, 0.1) is 11.6 Å². The van der Waals surface area contributed by atoms with Crippen LogP contribution in [0.25, 0.3) is 0 Å². The van der Waals surface area contributed by atoms with E-state index in [4.69, 9.17) is 4.52 Å². The number of fused-ring (bicyclic) bond motifs is 1. The predicted molar refractivity (Wildman–Crippen MR) is 96.5 cm³/mol. The highest BCUT2D eigenvalue weighted by atomic mass is 16.5. The Morgan fingerprint density at radius 3 is 2.16 bits per heavy atom. The SMILES string of the molecule is O=C(Nc1onc2c1CCCC2)C(c1ccccc1)c1ccccc1. The minimum absolute atomic E-state index is 0.0954. The standard InChI is InChI=1S/C21H20N2O2/c24-20(22-21-17-13-7-8-14-18(17)23-25-21)19(15-9-3-1-4-10-15)16-11-5-2-6-12-16/h1-6,9-12,19H,7-8,13-14H2,(H,22,24). The Hall–Kier alpha value is -2.88. The summed E-state index contributed by atoms with van der Waals surface area (Å²) in [5, 5.41) is 7.10. The average molecular weight is 332 g/mol. The Bertz CT molecular complexity index is 817. The van der Waals surface area contributed by atoms with E-state index in [9.17, 15) is 4.79 Å². The van der Waals surface area contributed by atoms with E-state index in [1.807, 2.05) is 60.7 Å². The molecule has 0 atom stereocenters. The first-order chi connectivity index (χ1) is 12.3. The van der Waals surface area contributed by atoms with Crippen LogP contribution >= 0.6 is 0 Å². The van der Waals surface area contributed by atoms with Gasteiger partial charge in [-0.3, -0.25) is 10.1 Å². The topological polar surface area (TPSA) is 55.1 Å². The van der Waals surface area contributed by atoms with E-state index < -0.39 is 0 Å². The summed E-state index contributed by atoms with van der Waals surface area (Å²) in [6.45, 7) is 0. The summed E-state index contributed by atoms with van der Waals surface area (Å²) in [6, 6.07) is 19.6. The van der Waals surface area contributed by atoms with Crippen molar-refractivity contribution in [3.8, 4) is 0 Å². The lowest BCUT2D eigenvalue weighted by atomic mass is 9.90. The summed E-state index contributed by atoms with van der Waals surface area (Å²) >= 11 is 0. The molecule has 4 nitrogen and oxygen atoms in total. The Morgan fingerprint density at radius 1 is 0.920 bits per heavy atom. The summed E-state index contributed by atoms with van der Waals surface area (Å²) in [7, 11) is 0. The Kier molecular flexibility index (Phi) is 4.34. The molecule has 0 fully saturated rings. The van der Waals surface area contributed by atoms with Crippen LogP contribution in [0.15, 0.2) is 65.2 Å². The van der Waals surface area contributed by atoms with Crippen molar-refractivity contribution in [2.45, 2.75) is 31.6 Å². The molecule has 1 aliphatic carbocycles. The summed E-state index contributed by atoms with van der Waals surface area (Å²) in [5.41, 5.74) is 3.95. The van der Waals surface area contributed by atoms with Gasteiger partial charge >= 0.3 is 0 Å². The van der Waals surface area contributed by atoms with Crippen molar-refractivity contribution in [3.05, 3.63) is 83.0 Å². The van der Waals surface area contributed by atoms with Crippen molar-refractivity contribution in [1.29, 1.82) is 0 Å². The van der Waals surface area contributed by atoms with Gasteiger partial charge in [0.15, 0.2) is 0 Å². The molecule has 126 valence electrons. The molecule has 4 rings (SSSR count). The predicted octanol–water partition coefficient (Wildman–Crippen LogP) is 4.32. The third-order valence-electron chi connectivity index (χ3n) is 4.72.